The van der Waals surface area contributed by atoms with E-state index in [-0.39, 0.29) is 0 Å². The van der Waals surface area contributed by atoms with E-state index >= 15 is 0 Å². The van der Waals surface area contributed by atoms with Crippen LogP contribution in [0.25, 0.3) is 0 Å². The van der Waals surface area contributed by atoms with Crippen molar-refractivity contribution in [2.45, 2.75) is 47.0 Å². The van der Waals surface area contributed by atoms with Gasteiger partial charge in [-0.25, -0.2) is 0 Å². The third-order valence-electron chi connectivity index (χ3n) is 3.74. The molecule has 1 fully saturated rings. The zero-order valence-corrected chi connectivity index (χ0v) is 10.7. The summed E-state index contributed by atoms with van der Waals surface area (Å²) >= 11 is 0. The highest BCUT2D eigenvalue weighted by Crippen LogP contribution is 2.38. The fourth-order valence-corrected chi connectivity index (χ4v) is 2.82. The van der Waals surface area contributed by atoms with Gasteiger partial charge in [-0.3, -0.25) is 0 Å². The lowest BCUT2D eigenvalue weighted by Gasteiger charge is -2.35. The van der Waals surface area contributed by atoms with Crippen LogP contribution < -0.4 is 0 Å². The molecule has 0 aromatic heterocycles. The summed E-state index contributed by atoms with van der Waals surface area (Å²) < 4.78 is 0. The van der Waals surface area contributed by atoms with Crippen molar-refractivity contribution in [2.75, 3.05) is 0 Å². The fourth-order valence-electron chi connectivity index (χ4n) is 2.82. The molecule has 0 heterocycles. The molecule has 3 atom stereocenters. The van der Waals surface area contributed by atoms with Gasteiger partial charge in [0.1, 0.15) is 0 Å². The van der Waals surface area contributed by atoms with Gasteiger partial charge in [0.05, 0.1) is 0 Å². The number of hydrogen-bond acceptors (Lipinski definition) is 0. The average molecular weight is 206 g/mol. The maximum absolute atomic E-state index is 2.43. The highest BCUT2D eigenvalue weighted by Gasteiger charge is 2.28. The Hall–Kier alpha value is -0.520. The van der Waals surface area contributed by atoms with Crippen molar-refractivity contribution in [3.63, 3.8) is 0 Å². The van der Waals surface area contributed by atoms with E-state index in [1.54, 1.807) is 0 Å². The normalized spacial score (nSPS) is 33.3. The molecule has 0 aliphatic heterocycles. The first-order chi connectivity index (χ1) is 7.15. The first-order valence-electron chi connectivity index (χ1n) is 6.44. The topological polar surface area (TPSA) is 0 Å². The maximum atomic E-state index is 2.43. The summed E-state index contributed by atoms with van der Waals surface area (Å²) in [5.74, 6) is 3.46. The van der Waals surface area contributed by atoms with E-state index in [9.17, 15) is 0 Å². The lowest BCUT2D eigenvalue weighted by Crippen LogP contribution is -2.26. The molecule has 0 aromatic rings. The van der Waals surface area contributed by atoms with Crippen LogP contribution in [0.1, 0.15) is 47.0 Å². The highest BCUT2D eigenvalue weighted by molar-refractivity contribution is 5.05. The molecule has 0 nitrogen and oxygen atoms in total. The molecule has 0 saturated heterocycles. The molecule has 0 N–H and O–H groups in total. The Morgan fingerprint density at radius 2 is 1.87 bits per heavy atom. The Labute approximate surface area is 95.5 Å². The number of rotatable bonds is 3. The minimum atomic E-state index is 0.810. The smallest absolute Gasteiger partial charge is 0.0197 e. The van der Waals surface area contributed by atoms with Gasteiger partial charge in [0.2, 0.25) is 0 Å². The molecule has 3 unspecified atom stereocenters. The SMILES string of the molecule is C/C=C/C=C/C1CC(C)CCC1C(C)C. The minimum Gasteiger partial charge on any atom is -0.0877 e. The predicted octanol–water partition coefficient (Wildman–Crippen LogP) is 4.83. The van der Waals surface area contributed by atoms with Crippen LogP contribution in [0.4, 0.5) is 0 Å². The Morgan fingerprint density at radius 1 is 1.13 bits per heavy atom. The fraction of sp³-hybridized carbons (Fsp3) is 0.733. The molecular weight excluding hydrogens is 180 g/mol. The summed E-state index contributed by atoms with van der Waals surface area (Å²) in [6.07, 6.45) is 13.2. The second kappa shape index (κ2) is 6.15. The van der Waals surface area contributed by atoms with Crippen LogP contribution >= 0.6 is 0 Å². The van der Waals surface area contributed by atoms with E-state index in [4.69, 9.17) is 0 Å². The first kappa shape index (κ1) is 12.5. The van der Waals surface area contributed by atoms with Gasteiger partial charge in [-0.15, -0.1) is 0 Å². The van der Waals surface area contributed by atoms with Crippen molar-refractivity contribution < 1.29 is 0 Å². The number of allylic oxidation sites excluding steroid dienone is 4. The maximum Gasteiger partial charge on any atom is -0.0197 e. The zero-order valence-electron chi connectivity index (χ0n) is 10.7. The van der Waals surface area contributed by atoms with E-state index in [0.717, 1.165) is 23.7 Å². The van der Waals surface area contributed by atoms with Crippen LogP contribution in [-0.2, 0) is 0 Å². The van der Waals surface area contributed by atoms with Gasteiger partial charge in [0.15, 0.2) is 0 Å². The van der Waals surface area contributed by atoms with Gasteiger partial charge < -0.3 is 0 Å². The van der Waals surface area contributed by atoms with Crippen molar-refractivity contribution in [1.29, 1.82) is 0 Å². The summed E-state index contributed by atoms with van der Waals surface area (Å²) in [6.45, 7) is 9.22. The molecule has 1 rings (SSSR count). The third kappa shape index (κ3) is 3.85. The van der Waals surface area contributed by atoms with Gasteiger partial charge in [0, 0.05) is 0 Å². The van der Waals surface area contributed by atoms with Crippen LogP contribution in [0.5, 0.6) is 0 Å². The quantitative estimate of drug-likeness (QED) is 0.580. The monoisotopic (exact) mass is 206 g/mol. The lowest BCUT2D eigenvalue weighted by molar-refractivity contribution is 0.178. The Bertz CT molecular complexity index is 222. The summed E-state index contributed by atoms with van der Waals surface area (Å²) in [5, 5.41) is 0. The largest absolute Gasteiger partial charge is 0.0877 e. The summed E-state index contributed by atoms with van der Waals surface area (Å²) in [7, 11) is 0. The minimum absolute atomic E-state index is 0.810. The second-order valence-corrected chi connectivity index (χ2v) is 5.40. The van der Waals surface area contributed by atoms with Crippen molar-refractivity contribution >= 4 is 0 Å². The Kier molecular flexibility index (Phi) is 5.14. The molecule has 1 aliphatic rings. The average Bonchev–Trinajstić information content (AvgIpc) is 2.18. The molecule has 86 valence electrons. The Morgan fingerprint density at radius 3 is 2.47 bits per heavy atom. The summed E-state index contributed by atoms with van der Waals surface area (Å²) in [6, 6.07) is 0. The van der Waals surface area contributed by atoms with Gasteiger partial charge in [-0.05, 0) is 43.4 Å². The standard InChI is InChI=1S/C15H26/c1-5-6-7-8-14-11-13(4)9-10-15(14)12(2)3/h5-8,12-15H,9-11H2,1-4H3/b6-5+,8-7+. The van der Waals surface area contributed by atoms with Gasteiger partial charge >= 0.3 is 0 Å². The van der Waals surface area contributed by atoms with Crippen molar-refractivity contribution in [3.05, 3.63) is 24.3 Å². The number of hydrogen-bond donors (Lipinski definition) is 0. The second-order valence-electron chi connectivity index (χ2n) is 5.40. The third-order valence-corrected chi connectivity index (χ3v) is 3.74. The van der Waals surface area contributed by atoms with Crippen LogP contribution in [0.3, 0.4) is 0 Å². The molecule has 1 saturated carbocycles. The van der Waals surface area contributed by atoms with Crippen LogP contribution in [-0.4, -0.2) is 0 Å². The predicted molar refractivity (Wildman–Crippen MR) is 68.8 cm³/mol. The van der Waals surface area contributed by atoms with Gasteiger partial charge in [-0.1, -0.05) is 51.5 Å². The van der Waals surface area contributed by atoms with Crippen LogP contribution in [0.2, 0.25) is 0 Å². The van der Waals surface area contributed by atoms with Gasteiger partial charge in [-0.2, -0.15) is 0 Å². The van der Waals surface area contributed by atoms with Crippen LogP contribution in [0.15, 0.2) is 24.3 Å². The van der Waals surface area contributed by atoms with E-state index in [0.29, 0.717) is 0 Å². The summed E-state index contributed by atoms with van der Waals surface area (Å²) in [5.41, 5.74) is 0. The molecule has 1 aliphatic carbocycles. The zero-order chi connectivity index (χ0) is 11.3. The molecule has 0 bridgehead atoms. The molecule has 0 heteroatoms. The molecule has 0 spiro atoms. The Balaban J connectivity index is 2.61. The molecule has 0 aromatic carbocycles. The molecule has 15 heavy (non-hydrogen) atoms. The van der Waals surface area contributed by atoms with E-state index in [2.05, 4.69) is 52.0 Å². The molecule has 0 radical (unpaired) electrons. The molecular formula is C15H26. The molecule has 0 amide bonds. The summed E-state index contributed by atoms with van der Waals surface area (Å²) in [4.78, 5) is 0. The first-order valence-corrected chi connectivity index (χ1v) is 6.44. The van der Waals surface area contributed by atoms with Crippen LogP contribution in [0, 0.1) is 23.7 Å². The highest BCUT2D eigenvalue weighted by atomic mass is 14.3. The van der Waals surface area contributed by atoms with E-state index < -0.39 is 0 Å². The van der Waals surface area contributed by atoms with E-state index in [1.807, 2.05) is 0 Å². The van der Waals surface area contributed by atoms with Crippen molar-refractivity contribution in [2.24, 2.45) is 23.7 Å². The van der Waals surface area contributed by atoms with Gasteiger partial charge in [0.25, 0.3) is 0 Å². The van der Waals surface area contributed by atoms with Crippen molar-refractivity contribution in [3.8, 4) is 0 Å². The lowest BCUT2D eigenvalue weighted by atomic mass is 9.70. The van der Waals surface area contributed by atoms with E-state index in [1.165, 1.54) is 19.3 Å². The van der Waals surface area contributed by atoms with Crippen molar-refractivity contribution in [1.82, 2.24) is 0 Å².